The molecular formula is C29H39F3N6O. The third-order valence-corrected chi connectivity index (χ3v) is 8.17. The van der Waals surface area contributed by atoms with Gasteiger partial charge in [-0.2, -0.15) is 18.2 Å². The maximum atomic E-state index is 13.6. The Morgan fingerprint density at radius 3 is 2.38 bits per heavy atom. The van der Waals surface area contributed by atoms with Gasteiger partial charge >= 0.3 is 6.18 Å². The van der Waals surface area contributed by atoms with Crippen LogP contribution in [0.4, 0.5) is 19.1 Å². The van der Waals surface area contributed by atoms with Gasteiger partial charge in [0.1, 0.15) is 11.7 Å². The van der Waals surface area contributed by atoms with E-state index in [4.69, 9.17) is 0 Å². The molecule has 0 radical (unpaired) electrons. The molecule has 2 aliphatic rings. The van der Waals surface area contributed by atoms with Gasteiger partial charge in [0.15, 0.2) is 0 Å². The molecule has 10 heteroatoms. The number of benzene rings is 1. The van der Waals surface area contributed by atoms with Gasteiger partial charge in [-0.05, 0) is 50.3 Å². The lowest BCUT2D eigenvalue weighted by Crippen LogP contribution is -2.43. The van der Waals surface area contributed by atoms with Gasteiger partial charge in [0.25, 0.3) is 0 Å². The molecule has 212 valence electrons. The van der Waals surface area contributed by atoms with E-state index >= 15 is 0 Å². The number of rotatable bonds is 8. The maximum absolute atomic E-state index is 13.6. The van der Waals surface area contributed by atoms with Gasteiger partial charge in [0.05, 0.1) is 6.10 Å². The molecule has 1 aliphatic heterocycles. The lowest BCUT2D eigenvalue weighted by Gasteiger charge is -2.32. The highest BCUT2D eigenvalue weighted by Crippen LogP contribution is 2.37. The first-order chi connectivity index (χ1) is 18.7. The molecule has 2 aromatic heterocycles. The first kappa shape index (κ1) is 27.9. The smallest absolute Gasteiger partial charge is 0.393 e. The number of aliphatic hydroxyl groups is 1. The van der Waals surface area contributed by atoms with Crippen LogP contribution in [0.2, 0.25) is 0 Å². The SMILES string of the molecule is CCC[C@H](Nc1ncc2c(-c3ccc(CN4CCN(C)CC4)cc3)cn([C@H]3CC[C@H](O)CC3)c2n1)C(F)(F)F. The number of hydrogen-bond acceptors (Lipinski definition) is 6. The minimum absolute atomic E-state index is 0.0115. The second kappa shape index (κ2) is 11.8. The number of hydrogen-bond donors (Lipinski definition) is 2. The third kappa shape index (κ3) is 6.56. The summed E-state index contributed by atoms with van der Waals surface area (Å²) in [5.41, 5.74) is 3.88. The Morgan fingerprint density at radius 2 is 1.74 bits per heavy atom. The molecule has 0 unspecified atom stereocenters. The minimum atomic E-state index is -4.38. The summed E-state index contributed by atoms with van der Waals surface area (Å²) in [6.45, 7) is 6.92. The number of nitrogens with one attached hydrogen (secondary N) is 1. The summed E-state index contributed by atoms with van der Waals surface area (Å²) in [6.07, 6.45) is 2.36. The van der Waals surface area contributed by atoms with Crippen LogP contribution in [0.1, 0.15) is 57.1 Å². The molecule has 2 N–H and O–H groups in total. The van der Waals surface area contributed by atoms with Gasteiger partial charge < -0.3 is 19.9 Å². The van der Waals surface area contributed by atoms with E-state index in [9.17, 15) is 18.3 Å². The van der Waals surface area contributed by atoms with E-state index in [0.29, 0.717) is 24.9 Å². The summed E-state index contributed by atoms with van der Waals surface area (Å²) in [5.74, 6) is -0.0115. The summed E-state index contributed by atoms with van der Waals surface area (Å²) in [5, 5.41) is 13.4. The molecule has 2 fully saturated rings. The number of nitrogens with zero attached hydrogens (tertiary/aromatic N) is 5. The topological polar surface area (TPSA) is 69.5 Å². The monoisotopic (exact) mass is 544 g/mol. The zero-order valence-electron chi connectivity index (χ0n) is 22.8. The molecule has 5 rings (SSSR count). The van der Waals surface area contributed by atoms with E-state index in [1.54, 1.807) is 13.1 Å². The van der Waals surface area contributed by atoms with Crippen molar-refractivity contribution in [2.24, 2.45) is 0 Å². The van der Waals surface area contributed by atoms with E-state index in [1.165, 1.54) is 5.56 Å². The first-order valence-electron chi connectivity index (χ1n) is 14.1. The quantitative estimate of drug-likeness (QED) is 0.392. The van der Waals surface area contributed by atoms with Crippen LogP contribution < -0.4 is 5.32 Å². The Bertz CT molecular complexity index is 1230. The number of likely N-dealkylation sites (N-methyl/N-ethyl adjacent to an activating group) is 1. The minimum Gasteiger partial charge on any atom is -0.393 e. The van der Waals surface area contributed by atoms with Crippen LogP contribution in [-0.4, -0.2) is 81.0 Å². The number of halogens is 3. The fraction of sp³-hybridized carbons (Fsp3) is 0.586. The van der Waals surface area contributed by atoms with Crippen LogP contribution in [0.25, 0.3) is 22.2 Å². The molecule has 0 spiro atoms. The molecule has 1 atom stereocenters. The van der Waals surface area contributed by atoms with E-state index in [2.05, 4.69) is 67.2 Å². The molecule has 1 aromatic carbocycles. The Hall–Kier alpha value is -2.69. The predicted octanol–water partition coefficient (Wildman–Crippen LogP) is 5.46. The van der Waals surface area contributed by atoms with Gasteiger partial charge in [-0.3, -0.25) is 4.90 Å². The van der Waals surface area contributed by atoms with Gasteiger partial charge in [-0.25, -0.2) is 4.98 Å². The molecule has 1 saturated heterocycles. The van der Waals surface area contributed by atoms with Gasteiger partial charge in [0.2, 0.25) is 5.95 Å². The maximum Gasteiger partial charge on any atom is 0.408 e. The van der Waals surface area contributed by atoms with Crippen molar-refractivity contribution < 1.29 is 18.3 Å². The summed E-state index contributed by atoms with van der Waals surface area (Å²) in [4.78, 5) is 13.7. The van der Waals surface area contributed by atoms with Gasteiger partial charge in [0, 0.05) is 62.1 Å². The fourth-order valence-electron chi connectivity index (χ4n) is 5.76. The van der Waals surface area contributed by atoms with E-state index in [0.717, 1.165) is 62.1 Å². The van der Waals surface area contributed by atoms with Gasteiger partial charge in [-0.1, -0.05) is 37.6 Å². The second-order valence-electron chi connectivity index (χ2n) is 11.1. The van der Waals surface area contributed by atoms with Crippen LogP contribution >= 0.6 is 0 Å². The summed E-state index contributed by atoms with van der Waals surface area (Å²) in [7, 11) is 2.15. The summed E-state index contributed by atoms with van der Waals surface area (Å²) < 4.78 is 42.8. The van der Waals surface area contributed by atoms with E-state index < -0.39 is 12.2 Å². The Kier molecular flexibility index (Phi) is 8.44. The molecule has 7 nitrogen and oxygen atoms in total. The molecule has 39 heavy (non-hydrogen) atoms. The normalized spacial score (nSPS) is 22.3. The predicted molar refractivity (Wildman–Crippen MR) is 148 cm³/mol. The van der Waals surface area contributed by atoms with E-state index in [-0.39, 0.29) is 24.5 Å². The van der Waals surface area contributed by atoms with Crippen LogP contribution in [0.15, 0.2) is 36.7 Å². The first-order valence-corrected chi connectivity index (χ1v) is 14.1. The van der Waals surface area contributed by atoms with Crippen LogP contribution in [-0.2, 0) is 6.54 Å². The van der Waals surface area contributed by atoms with Crippen molar-refractivity contribution in [1.82, 2.24) is 24.3 Å². The number of piperazine rings is 1. The van der Waals surface area contributed by atoms with Crippen molar-refractivity contribution in [3.8, 4) is 11.1 Å². The average Bonchev–Trinajstić information content (AvgIpc) is 3.29. The average molecular weight is 545 g/mol. The van der Waals surface area contributed by atoms with Crippen LogP contribution in [0.5, 0.6) is 0 Å². The largest absolute Gasteiger partial charge is 0.408 e. The van der Waals surface area contributed by atoms with E-state index in [1.807, 2.05) is 0 Å². The zero-order chi connectivity index (χ0) is 27.6. The third-order valence-electron chi connectivity index (χ3n) is 8.17. The molecule has 1 saturated carbocycles. The van der Waals surface area contributed by atoms with Crippen molar-refractivity contribution in [2.45, 2.75) is 76.4 Å². The Labute approximate surface area is 228 Å². The molecular weight excluding hydrogens is 505 g/mol. The molecule has 1 aliphatic carbocycles. The lowest BCUT2D eigenvalue weighted by molar-refractivity contribution is -0.143. The van der Waals surface area contributed by atoms with Crippen molar-refractivity contribution in [2.75, 3.05) is 38.5 Å². The lowest BCUT2D eigenvalue weighted by atomic mass is 9.93. The van der Waals surface area contributed by atoms with Crippen LogP contribution in [0, 0.1) is 0 Å². The zero-order valence-corrected chi connectivity index (χ0v) is 22.8. The van der Waals surface area contributed by atoms with Crippen molar-refractivity contribution in [1.29, 1.82) is 0 Å². The summed E-state index contributed by atoms with van der Waals surface area (Å²) in [6, 6.07) is 6.97. The highest BCUT2D eigenvalue weighted by Gasteiger charge is 2.39. The standard InChI is InChI=1S/C29H39F3N6O/c1-3-4-26(29(30,31)32)34-28-33-17-24-25(19-38(27(24)35-28)22-9-11-23(39)12-10-22)21-7-5-20(6-8-21)18-37-15-13-36(2)14-16-37/h5-8,17,19,22-23,26,39H,3-4,9-16,18H2,1-2H3,(H,33,34,35)/t22-,23-,26-/m0/s1. The van der Waals surface area contributed by atoms with Crippen LogP contribution in [0.3, 0.4) is 0 Å². The number of anilines is 1. The highest BCUT2D eigenvalue weighted by atomic mass is 19.4. The summed E-state index contributed by atoms with van der Waals surface area (Å²) >= 11 is 0. The Morgan fingerprint density at radius 1 is 1.05 bits per heavy atom. The number of aliphatic hydroxyl groups excluding tert-OH is 1. The highest BCUT2D eigenvalue weighted by molar-refractivity contribution is 5.94. The molecule has 3 heterocycles. The van der Waals surface area contributed by atoms with Crippen molar-refractivity contribution >= 4 is 17.0 Å². The Balaban J connectivity index is 1.45. The number of aromatic nitrogens is 3. The van der Waals surface area contributed by atoms with Gasteiger partial charge in [-0.15, -0.1) is 0 Å². The molecule has 3 aromatic rings. The molecule has 0 bridgehead atoms. The van der Waals surface area contributed by atoms with Crippen molar-refractivity contribution in [3.63, 3.8) is 0 Å². The number of fused-ring (bicyclic) bond motifs is 1. The van der Waals surface area contributed by atoms with Crippen molar-refractivity contribution in [3.05, 3.63) is 42.2 Å². The second-order valence-corrected chi connectivity index (χ2v) is 11.1. The number of alkyl halides is 3. The molecule has 0 amide bonds. The fourth-order valence-corrected chi connectivity index (χ4v) is 5.76.